The second kappa shape index (κ2) is 15.7. The molecule has 0 saturated carbocycles. The van der Waals surface area contributed by atoms with Crippen molar-refractivity contribution in [3.63, 3.8) is 0 Å². The molecule has 6 aromatic carbocycles. The maximum Gasteiger partial charge on any atom is 0.161 e. The van der Waals surface area contributed by atoms with Crippen LogP contribution in [0.15, 0.2) is 195 Å². The lowest BCUT2D eigenvalue weighted by Crippen LogP contribution is -2.06. The van der Waals surface area contributed by atoms with E-state index in [-0.39, 0.29) is 0 Å². The van der Waals surface area contributed by atoms with Crippen LogP contribution in [0.2, 0.25) is 0 Å². The standard InChI is InChI=1S/C58H32N10S/c1-5-17-38-33(12-1)27-29-59-54(38)51-48(43-25-23-34-13-2-6-18-39(34)63-43)50(47-30-36-14-4-10-22-46(36)69-47)56-52(53(51)58-62-31-37-15-3-7-19-40(37)65-58)49(45-32-61-41-20-8-9-21-42(41)64-45)55(67-68-56)44-26-24-35-16-11-28-60-57(35)66-44/h1-32H. The van der Waals surface area contributed by atoms with Crippen LogP contribution in [-0.4, -0.2) is 50.1 Å². The highest BCUT2D eigenvalue weighted by Crippen LogP contribution is 2.54. The van der Waals surface area contributed by atoms with Crippen molar-refractivity contribution in [1.82, 2.24) is 50.1 Å². The van der Waals surface area contributed by atoms with Crippen LogP contribution in [0.25, 0.3) is 143 Å². The van der Waals surface area contributed by atoms with Crippen molar-refractivity contribution < 1.29 is 0 Å². The molecule has 0 amide bonds. The predicted octanol–water partition coefficient (Wildman–Crippen LogP) is 13.8. The number of nitrogens with zero attached hydrogens (tertiary/aromatic N) is 10. The fourth-order valence-corrected chi connectivity index (χ4v) is 10.7. The Balaban J connectivity index is 1.27. The molecule has 11 heteroatoms. The maximum atomic E-state index is 5.50. The largest absolute Gasteiger partial charge is 0.256 e. The summed E-state index contributed by atoms with van der Waals surface area (Å²) >= 11 is 1.70. The fraction of sp³-hybridized carbons (Fsp3) is 0. The van der Waals surface area contributed by atoms with Gasteiger partial charge in [-0.2, -0.15) is 0 Å². The summed E-state index contributed by atoms with van der Waals surface area (Å²) in [7, 11) is 0. The third kappa shape index (κ3) is 6.40. The predicted molar refractivity (Wildman–Crippen MR) is 277 cm³/mol. The van der Waals surface area contributed by atoms with Gasteiger partial charge in [-0.1, -0.05) is 97.1 Å². The Hall–Kier alpha value is -9.32. The number of hydrogen-bond donors (Lipinski definition) is 0. The van der Waals surface area contributed by atoms with Gasteiger partial charge < -0.3 is 0 Å². The third-order valence-corrected chi connectivity index (χ3v) is 13.9. The first-order valence-corrected chi connectivity index (χ1v) is 23.3. The SMILES string of the molecule is c1ccc2nc(-c3c(-c4nccc5ccccc45)c(-c4ncc5ccccc5n4)c4c(-c5cnc6ccccc6n5)c(-c5ccc6cccnc6n5)nnc4c3-c3cc4ccccc4s3)ccc2c1. The van der Waals surface area contributed by atoms with Crippen LogP contribution in [-0.2, 0) is 0 Å². The highest BCUT2D eigenvalue weighted by molar-refractivity contribution is 7.22. The number of hydrogen-bond acceptors (Lipinski definition) is 11. The van der Waals surface area contributed by atoms with Crippen molar-refractivity contribution in [2.45, 2.75) is 0 Å². The van der Waals surface area contributed by atoms with Gasteiger partial charge in [-0.05, 0) is 83.6 Å². The zero-order valence-electron chi connectivity index (χ0n) is 36.4. The Labute approximate surface area is 396 Å². The van der Waals surface area contributed by atoms with Crippen LogP contribution in [0.5, 0.6) is 0 Å². The van der Waals surface area contributed by atoms with E-state index in [1.54, 1.807) is 17.5 Å². The van der Waals surface area contributed by atoms with Gasteiger partial charge in [-0.25, -0.2) is 29.9 Å². The molecule has 69 heavy (non-hydrogen) atoms. The third-order valence-electron chi connectivity index (χ3n) is 12.8. The Morgan fingerprint density at radius 1 is 0.362 bits per heavy atom. The van der Waals surface area contributed by atoms with Gasteiger partial charge in [0.15, 0.2) is 11.5 Å². The van der Waals surface area contributed by atoms with Gasteiger partial charge in [0.05, 0.1) is 51.0 Å². The molecule has 320 valence electrons. The normalized spacial score (nSPS) is 11.8. The molecule has 0 aliphatic rings. The van der Waals surface area contributed by atoms with Crippen LogP contribution in [0, 0.1) is 0 Å². The number of benzene rings is 6. The quantitative estimate of drug-likeness (QED) is 0.159. The molecule has 14 rings (SSSR count). The van der Waals surface area contributed by atoms with Crippen molar-refractivity contribution in [3.8, 4) is 67.0 Å². The van der Waals surface area contributed by atoms with Gasteiger partial charge in [0, 0.05) is 82.9 Å². The van der Waals surface area contributed by atoms with Crippen molar-refractivity contribution in [1.29, 1.82) is 0 Å². The molecular formula is C58H32N10S. The first-order chi connectivity index (χ1) is 34.2. The minimum Gasteiger partial charge on any atom is -0.256 e. The number of para-hydroxylation sites is 4. The topological polar surface area (TPSA) is 129 Å². The zero-order chi connectivity index (χ0) is 45.4. The first kappa shape index (κ1) is 38.9. The number of aromatic nitrogens is 10. The average molecular weight is 901 g/mol. The fourth-order valence-electron chi connectivity index (χ4n) is 9.62. The molecule has 0 spiro atoms. The highest BCUT2D eigenvalue weighted by Gasteiger charge is 2.33. The molecule has 0 fully saturated rings. The van der Waals surface area contributed by atoms with Crippen LogP contribution in [0.4, 0.5) is 0 Å². The molecule has 0 unspecified atom stereocenters. The Morgan fingerprint density at radius 3 is 1.96 bits per heavy atom. The van der Waals surface area contributed by atoms with Crippen molar-refractivity contribution in [2.75, 3.05) is 0 Å². The zero-order valence-corrected chi connectivity index (χ0v) is 37.2. The minimum atomic E-state index is 0.468. The lowest BCUT2D eigenvalue weighted by molar-refractivity contribution is 1.07. The van der Waals surface area contributed by atoms with Gasteiger partial charge in [0.1, 0.15) is 11.2 Å². The lowest BCUT2D eigenvalue weighted by Gasteiger charge is -2.24. The molecule has 10 nitrogen and oxygen atoms in total. The van der Waals surface area contributed by atoms with Gasteiger partial charge in [-0.3, -0.25) is 9.97 Å². The van der Waals surface area contributed by atoms with Crippen LogP contribution < -0.4 is 0 Å². The lowest BCUT2D eigenvalue weighted by atomic mass is 9.83. The van der Waals surface area contributed by atoms with E-state index in [0.717, 1.165) is 92.0 Å². The summed E-state index contributed by atoms with van der Waals surface area (Å²) in [6.07, 6.45) is 7.33. The summed E-state index contributed by atoms with van der Waals surface area (Å²) in [5, 5.41) is 17.2. The summed E-state index contributed by atoms with van der Waals surface area (Å²) in [6.45, 7) is 0. The number of rotatable bonds is 6. The van der Waals surface area contributed by atoms with Gasteiger partial charge in [-0.15, -0.1) is 21.5 Å². The summed E-state index contributed by atoms with van der Waals surface area (Å²) < 4.78 is 1.13. The number of thiophene rings is 1. The Morgan fingerprint density at radius 2 is 1.07 bits per heavy atom. The van der Waals surface area contributed by atoms with Gasteiger partial charge >= 0.3 is 0 Å². The van der Waals surface area contributed by atoms with Crippen molar-refractivity contribution in [2.24, 2.45) is 0 Å². The maximum absolute atomic E-state index is 5.50. The van der Waals surface area contributed by atoms with Crippen LogP contribution in [0.1, 0.15) is 0 Å². The molecule has 0 saturated heterocycles. The summed E-state index contributed by atoms with van der Waals surface area (Å²) in [5.74, 6) is 0.468. The second-order valence-corrected chi connectivity index (χ2v) is 17.9. The molecule has 0 bridgehead atoms. The van der Waals surface area contributed by atoms with Crippen molar-refractivity contribution in [3.05, 3.63) is 195 Å². The molecule has 14 aromatic rings. The summed E-state index contributed by atoms with van der Waals surface area (Å²) in [4.78, 5) is 42.8. The first-order valence-electron chi connectivity index (χ1n) is 22.5. The molecule has 0 N–H and O–H groups in total. The van der Waals surface area contributed by atoms with Crippen LogP contribution >= 0.6 is 11.3 Å². The molecule has 0 atom stereocenters. The summed E-state index contributed by atoms with van der Waals surface area (Å²) in [6, 6.07) is 57.3. The van der Waals surface area contributed by atoms with E-state index >= 15 is 0 Å². The average Bonchev–Trinajstić information content (AvgIpc) is 3.85. The molecule has 8 aromatic heterocycles. The van der Waals surface area contributed by atoms with E-state index in [1.807, 2.05) is 110 Å². The Kier molecular flexibility index (Phi) is 8.83. The van der Waals surface area contributed by atoms with E-state index in [4.69, 9.17) is 45.1 Å². The number of pyridine rings is 4. The van der Waals surface area contributed by atoms with Crippen molar-refractivity contribution >= 4 is 87.0 Å². The molecular weight excluding hydrogens is 869 g/mol. The smallest absolute Gasteiger partial charge is 0.161 e. The molecule has 0 aliphatic carbocycles. The minimum absolute atomic E-state index is 0.468. The van der Waals surface area contributed by atoms with E-state index in [9.17, 15) is 0 Å². The van der Waals surface area contributed by atoms with E-state index < -0.39 is 0 Å². The van der Waals surface area contributed by atoms with Gasteiger partial charge in [0.2, 0.25) is 0 Å². The molecule has 0 radical (unpaired) electrons. The highest BCUT2D eigenvalue weighted by atomic mass is 32.1. The summed E-state index contributed by atoms with van der Waals surface area (Å²) in [5.41, 5.74) is 11.2. The van der Waals surface area contributed by atoms with E-state index in [1.165, 1.54) is 0 Å². The second-order valence-electron chi connectivity index (χ2n) is 16.8. The van der Waals surface area contributed by atoms with E-state index in [0.29, 0.717) is 50.6 Å². The van der Waals surface area contributed by atoms with E-state index in [2.05, 4.69) is 83.8 Å². The van der Waals surface area contributed by atoms with Crippen LogP contribution in [0.3, 0.4) is 0 Å². The Bertz CT molecular complexity index is 4380. The molecule has 0 aliphatic heterocycles. The van der Waals surface area contributed by atoms with Gasteiger partial charge in [0.25, 0.3) is 0 Å². The molecule has 8 heterocycles. The monoisotopic (exact) mass is 900 g/mol. The number of fused-ring (bicyclic) bond motifs is 7.